The number of carbonyl (C=O) groups is 1. The molecule has 24 heavy (non-hydrogen) atoms. The van der Waals surface area contributed by atoms with Crippen LogP contribution in [-0.4, -0.2) is 5.78 Å². The molecule has 122 valence electrons. The van der Waals surface area contributed by atoms with Crippen LogP contribution in [-0.2, 0) is 0 Å². The van der Waals surface area contributed by atoms with Gasteiger partial charge in [0.15, 0.2) is 5.78 Å². The number of nitrogens with zero attached hydrogens (tertiary/aromatic N) is 1. The van der Waals surface area contributed by atoms with Crippen LogP contribution in [0.15, 0.2) is 54.6 Å². The van der Waals surface area contributed by atoms with Crippen LogP contribution < -0.4 is 0 Å². The van der Waals surface area contributed by atoms with Crippen molar-refractivity contribution >= 4 is 5.78 Å². The first-order valence-electron chi connectivity index (χ1n) is 8.81. The molecule has 0 amide bonds. The molecule has 1 aliphatic rings. The summed E-state index contributed by atoms with van der Waals surface area (Å²) in [5, 5.41) is 8.88. The number of rotatable bonds is 5. The highest BCUT2D eigenvalue weighted by Crippen LogP contribution is 2.47. The zero-order chi connectivity index (χ0) is 16.9. The van der Waals surface area contributed by atoms with Crippen molar-refractivity contribution in [2.75, 3.05) is 0 Å². The third-order valence-electron chi connectivity index (χ3n) is 5.42. The van der Waals surface area contributed by atoms with Crippen LogP contribution in [0.4, 0.5) is 0 Å². The van der Waals surface area contributed by atoms with Gasteiger partial charge in [0, 0.05) is 12.0 Å². The third kappa shape index (κ3) is 3.41. The van der Waals surface area contributed by atoms with E-state index >= 15 is 0 Å². The third-order valence-corrected chi connectivity index (χ3v) is 5.42. The molecule has 0 spiro atoms. The van der Waals surface area contributed by atoms with Crippen molar-refractivity contribution in [2.24, 2.45) is 11.8 Å². The van der Waals surface area contributed by atoms with Crippen molar-refractivity contribution in [3.05, 3.63) is 71.3 Å². The van der Waals surface area contributed by atoms with E-state index in [9.17, 15) is 4.79 Å². The molecule has 0 aliphatic heterocycles. The molecule has 0 N–H and O–H groups in total. The maximum atomic E-state index is 12.7. The molecule has 3 unspecified atom stereocenters. The summed E-state index contributed by atoms with van der Waals surface area (Å²) >= 11 is 0. The number of hydrogen-bond acceptors (Lipinski definition) is 2. The van der Waals surface area contributed by atoms with E-state index in [1.165, 1.54) is 18.4 Å². The maximum absolute atomic E-state index is 12.7. The summed E-state index contributed by atoms with van der Waals surface area (Å²) in [6.45, 7) is 2.26. The average Bonchev–Trinajstić information content (AvgIpc) is 3.05. The highest BCUT2D eigenvalue weighted by Gasteiger charge is 2.36. The first kappa shape index (κ1) is 16.5. The predicted molar refractivity (Wildman–Crippen MR) is 95.8 cm³/mol. The Morgan fingerprint density at radius 2 is 1.71 bits per heavy atom. The van der Waals surface area contributed by atoms with Gasteiger partial charge in [-0.05, 0) is 48.3 Å². The quantitative estimate of drug-likeness (QED) is 0.697. The summed E-state index contributed by atoms with van der Waals surface area (Å²) in [6, 6.07) is 19.8. The zero-order valence-corrected chi connectivity index (χ0v) is 14.1. The minimum absolute atomic E-state index is 0.196. The summed E-state index contributed by atoms with van der Waals surface area (Å²) in [4.78, 5) is 12.7. The standard InChI is InChI=1S/C22H23NO/c1-2-17-12-13-20(22(17)19-6-4-3-5-7-19)14-21(24)18-10-8-16(15-23)9-11-18/h3-11,17,20,22H,2,12-14H2,1H3. The van der Waals surface area contributed by atoms with Gasteiger partial charge in [0.2, 0.25) is 0 Å². The molecule has 0 radical (unpaired) electrons. The van der Waals surface area contributed by atoms with E-state index in [1.807, 2.05) is 0 Å². The fraction of sp³-hybridized carbons (Fsp3) is 0.364. The molecule has 1 fully saturated rings. The lowest BCUT2D eigenvalue weighted by Gasteiger charge is -2.24. The average molecular weight is 317 g/mol. The number of Topliss-reactive ketones (excluding diaryl/α,β-unsaturated/α-hetero) is 1. The van der Waals surface area contributed by atoms with Gasteiger partial charge < -0.3 is 0 Å². The molecule has 0 saturated heterocycles. The monoisotopic (exact) mass is 317 g/mol. The highest BCUT2D eigenvalue weighted by molar-refractivity contribution is 5.96. The minimum atomic E-state index is 0.196. The van der Waals surface area contributed by atoms with Crippen molar-refractivity contribution in [1.82, 2.24) is 0 Å². The van der Waals surface area contributed by atoms with E-state index in [0.29, 0.717) is 29.7 Å². The summed E-state index contributed by atoms with van der Waals surface area (Å²) in [7, 11) is 0. The second-order valence-corrected chi connectivity index (χ2v) is 6.76. The summed E-state index contributed by atoms with van der Waals surface area (Å²) in [5.41, 5.74) is 2.70. The van der Waals surface area contributed by atoms with Crippen LogP contribution in [0.1, 0.15) is 60.0 Å². The van der Waals surface area contributed by atoms with Gasteiger partial charge in [0.25, 0.3) is 0 Å². The second-order valence-electron chi connectivity index (χ2n) is 6.76. The van der Waals surface area contributed by atoms with Gasteiger partial charge in [-0.2, -0.15) is 5.26 Å². The molecule has 2 aromatic rings. The minimum Gasteiger partial charge on any atom is -0.294 e. The SMILES string of the molecule is CCC1CCC(CC(=O)c2ccc(C#N)cc2)C1c1ccccc1. The van der Waals surface area contributed by atoms with Crippen molar-refractivity contribution in [1.29, 1.82) is 5.26 Å². The molecule has 2 heteroatoms. The molecular weight excluding hydrogens is 294 g/mol. The fourth-order valence-electron chi connectivity index (χ4n) is 4.17. The number of hydrogen-bond donors (Lipinski definition) is 0. The molecule has 2 aromatic carbocycles. The van der Waals surface area contributed by atoms with E-state index in [1.54, 1.807) is 24.3 Å². The Hall–Kier alpha value is -2.40. The zero-order valence-electron chi connectivity index (χ0n) is 14.1. The first-order chi connectivity index (χ1) is 11.7. The number of benzene rings is 2. The van der Waals surface area contributed by atoms with E-state index in [-0.39, 0.29) is 5.78 Å². The lowest BCUT2D eigenvalue weighted by molar-refractivity contribution is 0.0956. The van der Waals surface area contributed by atoms with Gasteiger partial charge in [-0.15, -0.1) is 0 Å². The van der Waals surface area contributed by atoms with E-state index in [2.05, 4.69) is 43.3 Å². The number of ketones is 1. The summed E-state index contributed by atoms with van der Waals surface area (Å²) in [5.74, 6) is 1.77. The van der Waals surface area contributed by atoms with Crippen LogP contribution in [0.3, 0.4) is 0 Å². The summed E-state index contributed by atoms with van der Waals surface area (Å²) in [6.07, 6.45) is 4.10. The normalized spacial score (nSPS) is 22.9. The Labute approximate surface area is 144 Å². The molecular formula is C22H23NO. The van der Waals surface area contributed by atoms with Crippen molar-refractivity contribution in [2.45, 2.75) is 38.5 Å². The Balaban J connectivity index is 1.77. The van der Waals surface area contributed by atoms with Crippen molar-refractivity contribution in [3.8, 4) is 6.07 Å². The Morgan fingerprint density at radius 3 is 2.33 bits per heavy atom. The Bertz CT molecular complexity index is 727. The summed E-state index contributed by atoms with van der Waals surface area (Å²) < 4.78 is 0. The first-order valence-corrected chi connectivity index (χ1v) is 8.81. The van der Waals surface area contributed by atoms with Gasteiger partial charge in [-0.25, -0.2) is 0 Å². The lowest BCUT2D eigenvalue weighted by Crippen LogP contribution is -2.16. The largest absolute Gasteiger partial charge is 0.294 e. The Morgan fingerprint density at radius 1 is 1.04 bits per heavy atom. The van der Waals surface area contributed by atoms with E-state index < -0.39 is 0 Å². The van der Waals surface area contributed by atoms with Gasteiger partial charge in [-0.1, -0.05) is 55.8 Å². The topological polar surface area (TPSA) is 40.9 Å². The van der Waals surface area contributed by atoms with Gasteiger partial charge >= 0.3 is 0 Å². The van der Waals surface area contributed by atoms with E-state index in [4.69, 9.17) is 5.26 Å². The van der Waals surface area contributed by atoms with Crippen LogP contribution in [0.25, 0.3) is 0 Å². The van der Waals surface area contributed by atoms with Crippen LogP contribution in [0, 0.1) is 23.2 Å². The molecule has 0 aromatic heterocycles. The number of carbonyl (C=O) groups excluding carboxylic acids is 1. The molecule has 1 aliphatic carbocycles. The second kappa shape index (κ2) is 7.45. The molecule has 0 bridgehead atoms. The van der Waals surface area contributed by atoms with E-state index in [0.717, 1.165) is 12.0 Å². The maximum Gasteiger partial charge on any atom is 0.163 e. The number of nitriles is 1. The van der Waals surface area contributed by atoms with Gasteiger partial charge in [-0.3, -0.25) is 4.79 Å². The molecule has 3 rings (SSSR count). The van der Waals surface area contributed by atoms with Crippen LogP contribution in [0.5, 0.6) is 0 Å². The highest BCUT2D eigenvalue weighted by atomic mass is 16.1. The van der Waals surface area contributed by atoms with Gasteiger partial charge in [0.05, 0.1) is 11.6 Å². The molecule has 2 nitrogen and oxygen atoms in total. The molecule has 0 heterocycles. The smallest absolute Gasteiger partial charge is 0.163 e. The van der Waals surface area contributed by atoms with Crippen LogP contribution in [0.2, 0.25) is 0 Å². The van der Waals surface area contributed by atoms with Crippen molar-refractivity contribution < 1.29 is 4.79 Å². The van der Waals surface area contributed by atoms with Gasteiger partial charge in [0.1, 0.15) is 0 Å². The Kier molecular flexibility index (Phi) is 5.11. The molecule has 1 saturated carbocycles. The fourth-order valence-corrected chi connectivity index (χ4v) is 4.17. The predicted octanol–water partition coefficient (Wildman–Crippen LogP) is 5.35. The lowest BCUT2D eigenvalue weighted by atomic mass is 9.79. The van der Waals surface area contributed by atoms with Crippen LogP contribution >= 0.6 is 0 Å². The van der Waals surface area contributed by atoms with Crippen molar-refractivity contribution in [3.63, 3.8) is 0 Å². The molecule has 3 atom stereocenters.